The van der Waals surface area contributed by atoms with Crippen molar-refractivity contribution in [2.45, 2.75) is 57.0 Å². The van der Waals surface area contributed by atoms with Crippen LogP contribution < -0.4 is 11.1 Å². The van der Waals surface area contributed by atoms with E-state index in [0.717, 1.165) is 32.2 Å². The first-order valence-electron chi connectivity index (χ1n) is 7.37. The predicted molar refractivity (Wildman–Crippen MR) is 73.2 cm³/mol. The lowest BCUT2D eigenvalue weighted by molar-refractivity contribution is -0.122. The largest absolute Gasteiger partial charge is 0.355 e. The molecule has 2 fully saturated rings. The molecular weight excluding hydrogens is 226 g/mol. The van der Waals surface area contributed by atoms with Gasteiger partial charge in [-0.1, -0.05) is 0 Å². The molecule has 0 aromatic rings. The van der Waals surface area contributed by atoms with E-state index in [1.165, 1.54) is 19.4 Å². The number of hydrogen-bond donors (Lipinski definition) is 2. The molecule has 2 aliphatic rings. The van der Waals surface area contributed by atoms with Crippen molar-refractivity contribution < 1.29 is 4.79 Å². The molecule has 1 saturated heterocycles. The van der Waals surface area contributed by atoms with Gasteiger partial charge in [-0.3, -0.25) is 4.79 Å². The molecule has 1 heterocycles. The summed E-state index contributed by atoms with van der Waals surface area (Å²) >= 11 is 0. The van der Waals surface area contributed by atoms with Gasteiger partial charge < -0.3 is 16.0 Å². The third-order valence-electron chi connectivity index (χ3n) is 4.57. The van der Waals surface area contributed by atoms with Crippen LogP contribution in [0.2, 0.25) is 0 Å². The van der Waals surface area contributed by atoms with Gasteiger partial charge >= 0.3 is 0 Å². The average molecular weight is 253 g/mol. The molecule has 1 saturated carbocycles. The summed E-state index contributed by atoms with van der Waals surface area (Å²) in [6, 6.07) is 0.921. The Kier molecular flexibility index (Phi) is 5.01. The zero-order chi connectivity index (χ0) is 13.0. The number of nitrogens with zero attached hydrogens (tertiary/aromatic N) is 1. The molecular formula is C14H27N3O. The van der Waals surface area contributed by atoms with E-state index in [0.29, 0.717) is 24.4 Å². The average Bonchev–Trinajstić information content (AvgIpc) is 2.75. The van der Waals surface area contributed by atoms with Gasteiger partial charge in [-0.25, -0.2) is 0 Å². The van der Waals surface area contributed by atoms with Gasteiger partial charge in [-0.05, 0) is 58.0 Å². The van der Waals surface area contributed by atoms with Crippen molar-refractivity contribution in [3.63, 3.8) is 0 Å². The van der Waals surface area contributed by atoms with Crippen molar-refractivity contribution >= 4 is 5.91 Å². The van der Waals surface area contributed by atoms with E-state index < -0.39 is 0 Å². The van der Waals surface area contributed by atoms with E-state index in [2.05, 4.69) is 17.3 Å². The molecule has 0 aromatic heterocycles. The second-order valence-corrected chi connectivity index (χ2v) is 6.07. The third-order valence-corrected chi connectivity index (χ3v) is 4.57. The molecule has 4 heteroatoms. The summed E-state index contributed by atoms with van der Waals surface area (Å²) in [5, 5.41) is 3.10. The van der Waals surface area contributed by atoms with E-state index in [9.17, 15) is 4.79 Å². The van der Waals surface area contributed by atoms with Crippen LogP contribution in [0.3, 0.4) is 0 Å². The van der Waals surface area contributed by atoms with Gasteiger partial charge in [0.25, 0.3) is 0 Å². The van der Waals surface area contributed by atoms with Crippen LogP contribution in [0.4, 0.5) is 0 Å². The normalized spacial score (nSPS) is 33.6. The van der Waals surface area contributed by atoms with Gasteiger partial charge in [0.1, 0.15) is 0 Å². The maximum atomic E-state index is 11.9. The molecule has 1 atom stereocenters. The van der Waals surface area contributed by atoms with E-state index in [1.54, 1.807) is 0 Å². The van der Waals surface area contributed by atoms with Crippen LogP contribution in [0.25, 0.3) is 0 Å². The van der Waals surface area contributed by atoms with Crippen LogP contribution in [0.5, 0.6) is 0 Å². The minimum absolute atomic E-state index is 0.232. The maximum Gasteiger partial charge on any atom is 0.220 e. The smallest absolute Gasteiger partial charge is 0.220 e. The molecule has 1 amide bonds. The number of nitrogens with one attached hydrogen (secondary N) is 1. The number of carbonyl (C=O) groups is 1. The minimum atomic E-state index is 0.232. The fraction of sp³-hybridized carbons (Fsp3) is 0.929. The number of likely N-dealkylation sites (N-methyl/N-ethyl adjacent to an activating group) is 1. The first-order valence-corrected chi connectivity index (χ1v) is 7.37. The van der Waals surface area contributed by atoms with Crippen LogP contribution >= 0.6 is 0 Å². The standard InChI is InChI=1S/C14H27N3O/c1-17-8-2-3-13(17)10-16-14(18)9-11-4-6-12(15)7-5-11/h11-13H,2-10,15H2,1H3,(H,16,18). The lowest BCUT2D eigenvalue weighted by Crippen LogP contribution is -2.39. The van der Waals surface area contributed by atoms with Crippen LogP contribution in [-0.2, 0) is 4.79 Å². The Morgan fingerprint density at radius 1 is 1.28 bits per heavy atom. The summed E-state index contributed by atoms with van der Waals surface area (Å²) in [6.45, 7) is 1.99. The molecule has 1 unspecified atom stereocenters. The minimum Gasteiger partial charge on any atom is -0.355 e. The monoisotopic (exact) mass is 253 g/mol. The molecule has 0 aromatic carbocycles. The molecule has 3 N–H and O–H groups in total. The van der Waals surface area contributed by atoms with E-state index in [-0.39, 0.29) is 5.91 Å². The summed E-state index contributed by atoms with van der Waals surface area (Å²) in [5.74, 6) is 0.793. The first kappa shape index (κ1) is 13.8. The first-order chi connectivity index (χ1) is 8.65. The van der Waals surface area contributed by atoms with Crippen LogP contribution in [-0.4, -0.2) is 43.0 Å². The highest BCUT2D eigenvalue weighted by molar-refractivity contribution is 5.76. The molecule has 18 heavy (non-hydrogen) atoms. The van der Waals surface area contributed by atoms with Crippen molar-refractivity contribution in [3.05, 3.63) is 0 Å². The molecule has 1 aliphatic carbocycles. The summed E-state index contributed by atoms with van der Waals surface area (Å²) in [7, 11) is 2.15. The highest BCUT2D eigenvalue weighted by Gasteiger charge is 2.23. The summed E-state index contributed by atoms with van der Waals surface area (Å²) in [6.07, 6.45) is 7.60. The van der Waals surface area contributed by atoms with Gasteiger partial charge in [0.05, 0.1) is 0 Å². The second kappa shape index (κ2) is 6.53. The SMILES string of the molecule is CN1CCCC1CNC(=O)CC1CCC(N)CC1. The van der Waals surface area contributed by atoms with Crippen molar-refractivity contribution in [3.8, 4) is 0 Å². The highest BCUT2D eigenvalue weighted by Crippen LogP contribution is 2.25. The maximum absolute atomic E-state index is 11.9. The fourth-order valence-electron chi connectivity index (χ4n) is 3.20. The third kappa shape index (κ3) is 3.95. The molecule has 0 radical (unpaired) electrons. The summed E-state index contributed by atoms with van der Waals surface area (Å²) < 4.78 is 0. The van der Waals surface area contributed by atoms with Crippen molar-refractivity contribution in [1.29, 1.82) is 0 Å². The molecule has 1 aliphatic heterocycles. The Morgan fingerprint density at radius 2 is 2.00 bits per heavy atom. The van der Waals surface area contributed by atoms with Gasteiger partial charge in [-0.2, -0.15) is 0 Å². The fourth-order valence-corrected chi connectivity index (χ4v) is 3.20. The van der Waals surface area contributed by atoms with Gasteiger partial charge in [0, 0.05) is 25.0 Å². The zero-order valence-corrected chi connectivity index (χ0v) is 11.5. The zero-order valence-electron chi connectivity index (χ0n) is 11.5. The Bertz CT molecular complexity index is 274. The topological polar surface area (TPSA) is 58.4 Å². The number of amides is 1. The quantitative estimate of drug-likeness (QED) is 0.789. The number of hydrogen-bond acceptors (Lipinski definition) is 3. The molecule has 4 nitrogen and oxygen atoms in total. The van der Waals surface area contributed by atoms with Gasteiger partial charge in [0.2, 0.25) is 5.91 Å². The Hall–Kier alpha value is -0.610. The molecule has 0 bridgehead atoms. The van der Waals surface area contributed by atoms with Crippen molar-refractivity contribution in [1.82, 2.24) is 10.2 Å². The molecule has 104 valence electrons. The Morgan fingerprint density at radius 3 is 2.61 bits per heavy atom. The van der Waals surface area contributed by atoms with Crippen LogP contribution in [0, 0.1) is 5.92 Å². The van der Waals surface area contributed by atoms with Gasteiger partial charge in [0.15, 0.2) is 0 Å². The number of nitrogens with two attached hydrogens (primary N) is 1. The Balaban J connectivity index is 1.63. The molecule has 0 spiro atoms. The van der Waals surface area contributed by atoms with E-state index in [4.69, 9.17) is 5.73 Å². The van der Waals surface area contributed by atoms with Crippen LogP contribution in [0.15, 0.2) is 0 Å². The lowest BCUT2D eigenvalue weighted by atomic mass is 9.84. The summed E-state index contributed by atoms with van der Waals surface area (Å²) in [4.78, 5) is 14.2. The summed E-state index contributed by atoms with van der Waals surface area (Å²) in [5.41, 5.74) is 5.88. The van der Waals surface area contributed by atoms with Gasteiger partial charge in [-0.15, -0.1) is 0 Å². The van der Waals surface area contributed by atoms with E-state index in [1.807, 2.05) is 0 Å². The van der Waals surface area contributed by atoms with Crippen molar-refractivity contribution in [2.75, 3.05) is 20.1 Å². The highest BCUT2D eigenvalue weighted by atomic mass is 16.1. The number of rotatable bonds is 4. The van der Waals surface area contributed by atoms with Crippen molar-refractivity contribution in [2.24, 2.45) is 11.7 Å². The molecule has 2 rings (SSSR count). The predicted octanol–water partition coefficient (Wildman–Crippen LogP) is 1.10. The second-order valence-electron chi connectivity index (χ2n) is 6.07. The Labute approximate surface area is 110 Å². The van der Waals surface area contributed by atoms with E-state index >= 15 is 0 Å². The lowest BCUT2D eigenvalue weighted by Gasteiger charge is -2.26. The van der Waals surface area contributed by atoms with Crippen LogP contribution in [0.1, 0.15) is 44.9 Å². The number of likely N-dealkylation sites (tertiary alicyclic amines) is 1. The number of carbonyl (C=O) groups excluding carboxylic acids is 1.